The minimum absolute atomic E-state index is 0.0628. The minimum Gasteiger partial charge on any atom is -0.490 e. The molecule has 3 aromatic carbocycles. The monoisotopic (exact) mass is 637 g/mol. The first-order valence-corrected chi connectivity index (χ1v) is 17.2. The van der Waals surface area contributed by atoms with Crippen molar-refractivity contribution >= 4 is 21.6 Å². The van der Waals surface area contributed by atoms with E-state index < -0.39 is 16.1 Å². The highest BCUT2D eigenvalue weighted by Crippen LogP contribution is 2.29. The summed E-state index contributed by atoms with van der Waals surface area (Å²) >= 11 is 0. The van der Waals surface area contributed by atoms with Gasteiger partial charge in [0.2, 0.25) is 0 Å². The highest BCUT2D eigenvalue weighted by molar-refractivity contribution is 7.92. The molecule has 10 heteroatoms. The standard InChI is InChI=1S/C35H47N3O6S/c1-26-22-38(27(2)25-39)35(40)32-21-30(36-45(41,42)31-16-9-6-10-17-31)18-19-33(32)44-28(3)13-11-12-20-43-34(26)24-37(4)23-29-14-7-5-8-15-29/h5-10,14-19,21,26-28,34,36,39H,11-13,20,22-25H2,1-4H3/t26-,27-,28+,34-/m1/s1. The summed E-state index contributed by atoms with van der Waals surface area (Å²) in [4.78, 5) is 18.3. The van der Waals surface area contributed by atoms with E-state index in [-0.39, 0.29) is 46.8 Å². The lowest BCUT2D eigenvalue weighted by molar-refractivity contribution is -0.0177. The topological polar surface area (TPSA) is 108 Å². The molecule has 244 valence electrons. The van der Waals surface area contributed by atoms with Crippen LogP contribution in [-0.4, -0.2) is 80.8 Å². The molecule has 1 aliphatic heterocycles. The van der Waals surface area contributed by atoms with E-state index in [0.29, 0.717) is 25.4 Å². The average Bonchev–Trinajstić information content (AvgIpc) is 3.03. The lowest BCUT2D eigenvalue weighted by Gasteiger charge is -2.36. The van der Waals surface area contributed by atoms with Crippen molar-refractivity contribution in [3.63, 3.8) is 0 Å². The van der Waals surface area contributed by atoms with Crippen LogP contribution in [0.25, 0.3) is 0 Å². The van der Waals surface area contributed by atoms with E-state index in [9.17, 15) is 18.3 Å². The Kier molecular flexibility index (Phi) is 12.4. The molecule has 9 nitrogen and oxygen atoms in total. The number of aliphatic hydroxyl groups is 1. The van der Waals surface area contributed by atoms with Gasteiger partial charge in [0.1, 0.15) is 5.75 Å². The number of carbonyl (C=O) groups is 1. The van der Waals surface area contributed by atoms with Gasteiger partial charge in [0.25, 0.3) is 15.9 Å². The van der Waals surface area contributed by atoms with Crippen molar-refractivity contribution in [2.45, 2.75) is 69.7 Å². The van der Waals surface area contributed by atoms with Gasteiger partial charge < -0.3 is 19.5 Å². The maximum absolute atomic E-state index is 14.3. The van der Waals surface area contributed by atoms with Gasteiger partial charge in [-0.05, 0) is 76.1 Å². The summed E-state index contributed by atoms with van der Waals surface area (Å²) in [5, 5.41) is 10.2. The molecule has 0 unspecified atom stereocenters. The minimum atomic E-state index is -3.88. The Labute approximate surface area is 268 Å². The normalized spacial score (nSPS) is 21.0. The van der Waals surface area contributed by atoms with E-state index >= 15 is 0 Å². The van der Waals surface area contributed by atoms with Crippen molar-refractivity contribution < 1.29 is 27.8 Å². The van der Waals surface area contributed by atoms with Crippen LogP contribution < -0.4 is 9.46 Å². The van der Waals surface area contributed by atoms with E-state index in [2.05, 4.69) is 35.7 Å². The molecule has 1 heterocycles. The number of anilines is 1. The van der Waals surface area contributed by atoms with Gasteiger partial charge in [0.05, 0.1) is 35.3 Å². The van der Waals surface area contributed by atoms with Gasteiger partial charge in [-0.3, -0.25) is 14.4 Å². The van der Waals surface area contributed by atoms with Crippen molar-refractivity contribution in [1.82, 2.24) is 9.80 Å². The number of ether oxygens (including phenoxy) is 2. The van der Waals surface area contributed by atoms with Gasteiger partial charge in [-0.1, -0.05) is 55.5 Å². The molecule has 0 radical (unpaired) electrons. The fourth-order valence-electron chi connectivity index (χ4n) is 5.53. The smallest absolute Gasteiger partial charge is 0.261 e. The number of rotatable bonds is 9. The number of fused-ring (bicyclic) bond motifs is 1. The van der Waals surface area contributed by atoms with E-state index in [1.54, 1.807) is 42.2 Å². The summed E-state index contributed by atoms with van der Waals surface area (Å²) < 4.78 is 41.5. The molecular formula is C35H47N3O6S. The van der Waals surface area contributed by atoms with Crippen LogP contribution in [0.15, 0.2) is 83.8 Å². The summed E-state index contributed by atoms with van der Waals surface area (Å²) in [6.45, 7) is 7.98. The third-order valence-corrected chi connectivity index (χ3v) is 9.54. The third kappa shape index (κ3) is 9.77. The Morgan fingerprint density at radius 3 is 2.40 bits per heavy atom. The number of carbonyl (C=O) groups excluding carboxylic acids is 1. The van der Waals surface area contributed by atoms with E-state index in [1.807, 2.05) is 25.1 Å². The van der Waals surface area contributed by atoms with Crippen LogP contribution in [0.1, 0.15) is 56.0 Å². The van der Waals surface area contributed by atoms with Crippen LogP contribution in [0.5, 0.6) is 5.75 Å². The van der Waals surface area contributed by atoms with Gasteiger partial charge in [-0.2, -0.15) is 0 Å². The van der Waals surface area contributed by atoms with Crippen LogP contribution >= 0.6 is 0 Å². The molecule has 4 rings (SSSR count). The Hall–Kier alpha value is -3.44. The SMILES string of the molecule is C[C@@H]1CN([C@H](C)CO)C(=O)c2cc(NS(=O)(=O)c3ccccc3)ccc2O[C@@H](C)CCCCO[C@@H]1CN(C)Cc1ccccc1. The quantitative estimate of drug-likeness (QED) is 0.323. The Bertz CT molecular complexity index is 1470. The second-order valence-electron chi connectivity index (χ2n) is 12.1. The molecule has 0 saturated carbocycles. The van der Waals surface area contributed by atoms with E-state index in [0.717, 1.165) is 25.8 Å². The molecule has 2 N–H and O–H groups in total. The van der Waals surface area contributed by atoms with Gasteiger partial charge in [0, 0.05) is 37.8 Å². The average molecular weight is 638 g/mol. The largest absolute Gasteiger partial charge is 0.490 e. The third-order valence-electron chi connectivity index (χ3n) is 8.14. The highest BCUT2D eigenvalue weighted by atomic mass is 32.2. The van der Waals surface area contributed by atoms with E-state index in [4.69, 9.17) is 9.47 Å². The first kappa shape index (κ1) is 34.4. The zero-order chi connectivity index (χ0) is 32.4. The lowest BCUT2D eigenvalue weighted by Crippen LogP contribution is -2.47. The molecule has 0 aliphatic carbocycles. The maximum atomic E-state index is 14.3. The van der Waals surface area contributed by atoms with Crippen molar-refractivity contribution in [2.75, 3.05) is 38.1 Å². The number of nitrogens with one attached hydrogen (secondary N) is 1. The number of hydrogen-bond donors (Lipinski definition) is 2. The number of hydrogen-bond acceptors (Lipinski definition) is 7. The Balaban J connectivity index is 1.64. The van der Waals surface area contributed by atoms with Crippen molar-refractivity contribution in [1.29, 1.82) is 0 Å². The van der Waals surface area contributed by atoms with Gasteiger partial charge >= 0.3 is 0 Å². The molecule has 1 aliphatic rings. The van der Waals surface area contributed by atoms with Gasteiger partial charge in [0.15, 0.2) is 0 Å². The molecular weight excluding hydrogens is 590 g/mol. The first-order valence-electron chi connectivity index (χ1n) is 15.7. The number of likely N-dealkylation sites (N-methyl/N-ethyl adjacent to an activating group) is 1. The molecule has 0 fully saturated rings. The fourth-order valence-corrected chi connectivity index (χ4v) is 6.60. The van der Waals surface area contributed by atoms with Crippen LogP contribution in [0.4, 0.5) is 5.69 Å². The van der Waals surface area contributed by atoms with Crippen molar-refractivity contribution in [3.05, 3.63) is 90.0 Å². The number of nitrogens with zero attached hydrogens (tertiary/aromatic N) is 2. The first-order chi connectivity index (χ1) is 21.6. The predicted molar refractivity (Wildman–Crippen MR) is 177 cm³/mol. The van der Waals surface area contributed by atoms with E-state index in [1.165, 1.54) is 23.8 Å². The summed E-state index contributed by atoms with van der Waals surface area (Å²) in [7, 11) is -1.81. The van der Waals surface area contributed by atoms with Crippen LogP contribution in [0.2, 0.25) is 0 Å². The summed E-state index contributed by atoms with van der Waals surface area (Å²) in [5.41, 5.74) is 1.69. The Morgan fingerprint density at radius 2 is 1.71 bits per heavy atom. The summed E-state index contributed by atoms with van der Waals surface area (Å²) in [6.07, 6.45) is 2.21. The summed E-state index contributed by atoms with van der Waals surface area (Å²) in [6, 6.07) is 22.6. The molecule has 0 aromatic heterocycles. The molecule has 4 atom stereocenters. The number of sulfonamides is 1. The van der Waals surface area contributed by atoms with Gasteiger partial charge in [-0.25, -0.2) is 8.42 Å². The number of benzene rings is 3. The zero-order valence-corrected chi connectivity index (χ0v) is 27.6. The molecule has 0 spiro atoms. The highest BCUT2D eigenvalue weighted by Gasteiger charge is 2.30. The number of amides is 1. The summed E-state index contributed by atoms with van der Waals surface area (Å²) in [5.74, 6) is -0.0302. The van der Waals surface area contributed by atoms with Crippen molar-refractivity contribution in [2.24, 2.45) is 5.92 Å². The second kappa shape index (κ2) is 16.2. The van der Waals surface area contributed by atoms with Crippen LogP contribution in [0, 0.1) is 5.92 Å². The zero-order valence-electron chi connectivity index (χ0n) is 26.8. The van der Waals surface area contributed by atoms with Crippen molar-refractivity contribution in [3.8, 4) is 5.75 Å². The second-order valence-corrected chi connectivity index (χ2v) is 13.8. The predicted octanol–water partition coefficient (Wildman–Crippen LogP) is 5.41. The van der Waals surface area contributed by atoms with Crippen LogP contribution in [0.3, 0.4) is 0 Å². The Morgan fingerprint density at radius 1 is 1.02 bits per heavy atom. The molecule has 0 saturated heterocycles. The number of aliphatic hydroxyl groups excluding tert-OH is 1. The molecule has 1 amide bonds. The maximum Gasteiger partial charge on any atom is 0.261 e. The van der Waals surface area contributed by atoms with Gasteiger partial charge in [-0.15, -0.1) is 0 Å². The fraction of sp³-hybridized carbons (Fsp3) is 0.457. The molecule has 0 bridgehead atoms. The van der Waals surface area contributed by atoms with Crippen LogP contribution in [-0.2, 0) is 21.3 Å². The lowest BCUT2D eigenvalue weighted by atomic mass is 10.0. The molecule has 3 aromatic rings. The molecule has 45 heavy (non-hydrogen) atoms.